The lowest BCUT2D eigenvalue weighted by Gasteiger charge is -2.45. The fraction of sp³-hybridized carbons (Fsp3) is 0.533. The van der Waals surface area contributed by atoms with Gasteiger partial charge in [0.2, 0.25) is 0 Å². The molecular formula is C15H19ClF2N2O2. The van der Waals surface area contributed by atoms with E-state index in [1.807, 2.05) is 0 Å². The van der Waals surface area contributed by atoms with Gasteiger partial charge in [-0.05, 0) is 38.5 Å². The largest absolute Gasteiger partial charge is 0.444 e. The Bertz CT molecular complexity index is 592. The molecule has 1 aromatic rings. The van der Waals surface area contributed by atoms with Crippen LogP contribution in [0.25, 0.3) is 0 Å². The zero-order valence-electron chi connectivity index (χ0n) is 12.7. The molecule has 1 fully saturated rings. The number of rotatable bonds is 2. The summed E-state index contributed by atoms with van der Waals surface area (Å²) in [6.45, 7) is 5.24. The lowest BCUT2D eigenvalue weighted by atomic mass is 9.70. The molecule has 3 N–H and O–H groups in total. The number of carbonyl (C=O) groups is 1. The van der Waals surface area contributed by atoms with Crippen molar-refractivity contribution in [2.24, 2.45) is 5.73 Å². The molecule has 1 saturated carbocycles. The number of halogens is 3. The van der Waals surface area contributed by atoms with Crippen LogP contribution in [0.3, 0.4) is 0 Å². The van der Waals surface area contributed by atoms with Crippen LogP contribution in [0, 0.1) is 0 Å². The van der Waals surface area contributed by atoms with Gasteiger partial charge in [0.1, 0.15) is 5.60 Å². The van der Waals surface area contributed by atoms with Crippen molar-refractivity contribution >= 4 is 23.4 Å². The minimum Gasteiger partial charge on any atom is -0.444 e. The highest BCUT2D eigenvalue weighted by atomic mass is 35.5. The Kier molecular flexibility index (Phi) is 4.13. The molecule has 1 amide bonds. The molecule has 0 spiro atoms. The summed E-state index contributed by atoms with van der Waals surface area (Å²) in [5, 5.41) is 2.78. The van der Waals surface area contributed by atoms with E-state index in [1.54, 1.807) is 32.9 Å². The second-order valence-corrected chi connectivity index (χ2v) is 7.09. The lowest BCUT2D eigenvalue weighted by molar-refractivity contribution is -0.125. The number of anilines is 1. The third-order valence-corrected chi connectivity index (χ3v) is 3.61. The van der Waals surface area contributed by atoms with E-state index in [4.69, 9.17) is 22.1 Å². The Hall–Kier alpha value is -1.40. The number of amides is 1. The summed E-state index contributed by atoms with van der Waals surface area (Å²) in [4.78, 5) is 11.7. The topological polar surface area (TPSA) is 64.3 Å². The van der Waals surface area contributed by atoms with Crippen LogP contribution < -0.4 is 11.1 Å². The van der Waals surface area contributed by atoms with Gasteiger partial charge in [0, 0.05) is 23.6 Å². The fourth-order valence-corrected chi connectivity index (χ4v) is 2.85. The first kappa shape index (κ1) is 17.0. The van der Waals surface area contributed by atoms with Gasteiger partial charge < -0.3 is 10.5 Å². The summed E-state index contributed by atoms with van der Waals surface area (Å²) in [7, 11) is 0. The Morgan fingerprint density at radius 3 is 2.41 bits per heavy atom. The Labute approximate surface area is 133 Å². The maximum Gasteiger partial charge on any atom is 0.412 e. The third-order valence-electron chi connectivity index (χ3n) is 3.30. The Balaban J connectivity index is 2.09. The molecule has 0 aliphatic heterocycles. The maximum atomic E-state index is 13.1. The average Bonchev–Trinajstić information content (AvgIpc) is 2.22. The average molecular weight is 333 g/mol. The SMILES string of the molecule is CC(C)(C)OC(=O)Nc1ccc(C2(N)CC(F)(F)C2)c(Cl)c1. The van der Waals surface area contributed by atoms with Gasteiger partial charge in [-0.15, -0.1) is 0 Å². The third kappa shape index (κ3) is 3.87. The van der Waals surface area contributed by atoms with Crippen molar-refractivity contribution in [1.29, 1.82) is 0 Å². The van der Waals surface area contributed by atoms with E-state index in [1.165, 1.54) is 6.07 Å². The van der Waals surface area contributed by atoms with Gasteiger partial charge in [0.15, 0.2) is 0 Å². The summed E-state index contributed by atoms with van der Waals surface area (Å²) in [6.07, 6.45) is -1.48. The fourth-order valence-electron chi connectivity index (χ4n) is 2.48. The number of hydrogen-bond acceptors (Lipinski definition) is 3. The van der Waals surface area contributed by atoms with E-state index >= 15 is 0 Å². The molecule has 0 radical (unpaired) electrons. The maximum absolute atomic E-state index is 13.1. The Morgan fingerprint density at radius 2 is 1.95 bits per heavy atom. The highest BCUT2D eigenvalue weighted by Gasteiger charge is 2.55. The van der Waals surface area contributed by atoms with Crippen molar-refractivity contribution in [3.05, 3.63) is 28.8 Å². The van der Waals surface area contributed by atoms with Crippen molar-refractivity contribution in [3.8, 4) is 0 Å². The molecule has 1 aliphatic rings. The second-order valence-electron chi connectivity index (χ2n) is 6.69. The Morgan fingerprint density at radius 1 is 1.36 bits per heavy atom. The molecule has 0 bridgehead atoms. The van der Waals surface area contributed by atoms with Crippen LogP contribution in [0.1, 0.15) is 39.2 Å². The molecular weight excluding hydrogens is 314 g/mol. The molecule has 1 aliphatic carbocycles. The summed E-state index contributed by atoms with van der Waals surface area (Å²) in [5.74, 6) is -2.74. The van der Waals surface area contributed by atoms with E-state index in [2.05, 4.69) is 5.32 Å². The van der Waals surface area contributed by atoms with Gasteiger partial charge in [0.05, 0.1) is 5.54 Å². The van der Waals surface area contributed by atoms with E-state index in [9.17, 15) is 13.6 Å². The molecule has 4 nitrogen and oxygen atoms in total. The number of ether oxygens (including phenoxy) is 1. The molecule has 0 heterocycles. The predicted molar refractivity (Wildman–Crippen MR) is 81.4 cm³/mol. The van der Waals surface area contributed by atoms with E-state index in [0.29, 0.717) is 11.3 Å². The zero-order valence-corrected chi connectivity index (χ0v) is 13.4. The molecule has 0 aromatic heterocycles. The quantitative estimate of drug-likeness (QED) is 0.850. The zero-order chi connectivity index (χ0) is 16.8. The first-order valence-corrected chi connectivity index (χ1v) is 7.25. The number of nitrogens with one attached hydrogen (secondary N) is 1. The molecule has 0 atom stereocenters. The van der Waals surface area contributed by atoms with Crippen LogP contribution in [0.5, 0.6) is 0 Å². The second kappa shape index (κ2) is 5.35. The van der Waals surface area contributed by atoms with Crippen LogP contribution in [-0.2, 0) is 10.3 Å². The van der Waals surface area contributed by atoms with E-state index in [-0.39, 0.29) is 5.02 Å². The first-order chi connectivity index (χ1) is 9.90. The molecule has 122 valence electrons. The van der Waals surface area contributed by atoms with E-state index in [0.717, 1.165) is 0 Å². The van der Waals surface area contributed by atoms with Crippen LogP contribution in [0.4, 0.5) is 19.3 Å². The minimum atomic E-state index is -2.74. The van der Waals surface area contributed by atoms with Gasteiger partial charge in [0.25, 0.3) is 5.92 Å². The number of hydrogen-bond donors (Lipinski definition) is 2. The monoisotopic (exact) mass is 332 g/mol. The van der Waals surface area contributed by atoms with Gasteiger partial charge in [-0.3, -0.25) is 5.32 Å². The van der Waals surface area contributed by atoms with Gasteiger partial charge in [-0.25, -0.2) is 13.6 Å². The summed E-state index contributed by atoms with van der Waals surface area (Å²) < 4.78 is 31.2. The minimum absolute atomic E-state index is 0.242. The van der Waals surface area contributed by atoms with Gasteiger partial charge in [-0.2, -0.15) is 0 Å². The van der Waals surface area contributed by atoms with Crippen LogP contribution in [0.2, 0.25) is 5.02 Å². The number of carbonyl (C=O) groups excluding carboxylic acids is 1. The summed E-state index contributed by atoms with van der Waals surface area (Å²) in [5.41, 5.74) is 5.09. The van der Waals surface area contributed by atoms with Gasteiger partial charge in [-0.1, -0.05) is 17.7 Å². The van der Waals surface area contributed by atoms with Crippen LogP contribution in [-0.4, -0.2) is 17.6 Å². The molecule has 0 saturated heterocycles. The molecule has 7 heteroatoms. The molecule has 2 rings (SSSR count). The van der Waals surface area contributed by atoms with Crippen molar-refractivity contribution < 1.29 is 18.3 Å². The molecule has 1 aromatic carbocycles. The van der Waals surface area contributed by atoms with Crippen molar-refractivity contribution in [1.82, 2.24) is 0 Å². The van der Waals surface area contributed by atoms with Crippen molar-refractivity contribution in [2.75, 3.05) is 5.32 Å². The van der Waals surface area contributed by atoms with Gasteiger partial charge >= 0.3 is 6.09 Å². The van der Waals surface area contributed by atoms with Crippen molar-refractivity contribution in [2.45, 2.75) is 50.7 Å². The first-order valence-electron chi connectivity index (χ1n) is 6.87. The number of alkyl halides is 2. The molecule has 0 unspecified atom stereocenters. The highest BCUT2D eigenvalue weighted by Crippen LogP contribution is 2.51. The van der Waals surface area contributed by atoms with E-state index < -0.39 is 36.0 Å². The predicted octanol–water partition coefficient (Wildman–Crippen LogP) is 4.27. The highest BCUT2D eigenvalue weighted by molar-refractivity contribution is 6.31. The molecule has 22 heavy (non-hydrogen) atoms. The number of nitrogens with two attached hydrogens (primary N) is 1. The lowest BCUT2D eigenvalue weighted by Crippen LogP contribution is -2.55. The number of benzene rings is 1. The summed E-state index contributed by atoms with van der Waals surface area (Å²) >= 11 is 6.12. The van der Waals surface area contributed by atoms with Crippen LogP contribution in [0.15, 0.2) is 18.2 Å². The summed E-state index contributed by atoms with van der Waals surface area (Å²) in [6, 6.07) is 4.60. The van der Waals surface area contributed by atoms with Crippen LogP contribution >= 0.6 is 11.6 Å². The van der Waals surface area contributed by atoms with Crippen molar-refractivity contribution in [3.63, 3.8) is 0 Å². The smallest absolute Gasteiger partial charge is 0.412 e. The normalized spacial score (nSPS) is 19.2. The standard InChI is InChI=1S/C15H19ClF2N2O2/c1-13(2,3)22-12(21)20-9-4-5-10(11(16)6-9)14(19)7-15(17,18)8-14/h4-6H,7-8,19H2,1-3H3,(H,20,21).